The zero-order valence-corrected chi connectivity index (χ0v) is 19.9. The number of ether oxygens (including phenoxy) is 2. The van der Waals surface area contributed by atoms with Gasteiger partial charge in [0.2, 0.25) is 0 Å². The van der Waals surface area contributed by atoms with Crippen LogP contribution in [-0.4, -0.2) is 47.2 Å². The number of aromatic nitrogens is 2. The summed E-state index contributed by atoms with van der Waals surface area (Å²) in [6, 6.07) is 13.2. The molecular formula is C24H27N5O7. The van der Waals surface area contributed by atoms with E-state index in [-0.39, 0.29) is 36.0 Å². The van der Waals surface area contributed by atoms with E-state index in [1.54, 1.807) is 31.2 Å². The molecule has 0 radical (unpaired) electrons. The van der Waals surface area contributed by atoms with Crippen LogP contribution in [0.25, 0.3) is 0 Å². The van der Waals surface area contributed by atoms with Crippen molar-refractivity contribution < 1.29 is 19.2 Å². The van der Waals surface area contributed by atoms with Gasteiger partial charge in [-0.25, -0.2) is 4.79 Å². The van der Waals surface area contributed by atoms with Crippen LogP contribution in [0.2, 0.25) is 0 Å². The predicted molar refractivity (Wildman–Crippen MR) is 133 cm³/mol. The van der Waals surface area contributed by atoms with E-state index in [2.05, 4.69) is 4.98 Å². The van der Waals surface area contributed by atoms with Crippen molar-refractivity contribution in [2.45, 2.75) is 19.9 Å². The van der Waals surface area contributed by atoms with Gasteiger partial charge in [0.05, 0.1) is 11.5 Å². The van der Waals surface area contributed by atoms with Crippen LogP contribution in [0, 0.1) is 17.0 Å². The number of nitro benzene ring substituents is 1. The summed E-state index contributed by atoms with van der Waals surface area (Å²) in [6.45, 7) is 1.56. The second kappa shape index (κ2) is 11.8. The summed E-state index contributed by atoms with van der Waals surface area (Å²) in [7, 11) is 1.51. The summed E-state index contributed by atoms with van der Waals surface area (Å²) in [4.78, 5) is 52.4. The lowest BCUT2D eigenvalue weighted by atomic mass is 10.2. The van der Waals surface area contributed by atoms with Crippen LogP contribution < -0.4 is 26.6 Å². The maximum absolute atomic E-state index is 13.2. The van der Waals surface area contributed by atoms with Crippen LogP contribution in [0.5, 0.6) is 5.75 Å². The summed E-state index contributed by atoms with van der Waals surface area (Å²) in [5, 5.41) is 11.0. The van der Waals surface area contributed by atoms with E-state index >= 15 is 0 Å². The van der Waals surface area contributed by atoms with Gasteiger partial charge in [0.1, 0.15) is 11.6 Å². The number of aryl methyl sites for hydroxylation is 1. The Bertz CT molecular complexity index is 1350. The van der Waals surface area contributed by atoms with Crippen LogP contribution >= 0.6 is 0 Å². The molecule has 1 aromatic heterocycles. The first-order valence-electron chi connectivity index (χ1n) is 11.1. The van der Waals surface area contributed by atoms with Crippen LogP contribution in [0.1, 0.15) is 17.5 Å². The Morgan fingerprint density at radius 2 is 1.92 bits per heavy atom. The van der Waals surface area contributed by atoms with Crippen LogP contribution in [-0.2, 0) is 16.1 Å². The number of aromatic amines is 1. The molecule has 0 atom stereocenters. The topological polar surface area (TPSA) is 163 Å². The number of anilines is 2. The molecule has 0 saturated carbocycles. The molecule has 12 nitrogen and oxygen atoms in total. The highest BCUT2D eigenvalue weighted by Crippen LogP contribution is 2.24. The van der Waals surface area contributed by atoms with Crippen molar-refractivity contribution in [3.8, 4) is 5.75 Å². The summed E-state index contributed by atoms with van der Waals surface area (Å²) >= 11 is 0. The smallest absolute Gasteiger partial charge is 0.330 e. The fraction of sp³-hybridized carbons (Fsp3) is 0.292. The summed E-state index contributed by atoms with van der Waals surface area (Å²) < 4.78 is 11.8. The van der Waals surface area contributed by atoms with Gasteiger partial charge in [0.15, 0.2) is 12.3 Å². The molecule has 2 aromatic carbocycles. The lowest BCUT2D eigenvalue weighted by molar-refractivity contribution is -0.385. The number of carbonyl (C=O) groups excluding carboxylic acids is 1. The molecule has 190 valence electrons. The predicted octanol–water partition coefficient (Wildman–Crippen LogP) is 1.83. The number of nitrogens with two attached hydrogens (primary N) is 1. The quantitative estimate of drug-likeness (QED) is 0.230. The molecule has 0 fully saturated rings. The molecule has 1 amide bonds. The van der Waals surface area contributed by atoms with E-state index in [0.717, 1.165) is 10.5 Å². The molecule has 3 aromatic rings. The first-order chi connectivity index (χ1) is 17.2. The minimum absolute atomic E-state index is 0.0742. The molecule has 36 heavy (non-hydrogen) atoms. The molecular weight excluding hydrogens is 470 g/mol. The number of nitrogen functional groups attached to an aromatic ring is 1. The van der Waals surface area contributed by atoms with Gasteiger partial charge < -0.3 is 20.1 Å². The first-order valence-corrected chi connectivity index (χ1v) is 11.1. The van der Waals surface area contributed by atoms with Gasteiger partial charge in [-0.05, 0) is 31.0 Å². The number of nitrogens with zero attached hydrogens (tertiary/aromatic N) is 3. The van der Waals surface area contributed by atoms with Gasteiger partial charge in [-0.1, -0.05) is 30.3 Å². The lowest BCUT2D eigenvalue weighted by Crippen LogP contribution is -2.43. The average Bonchev–Trinajstić information content (AvgIpc) is 2.84. The molecule has 0 aliphatic carbocycles. The Labute approximate surface area is 206 Å². The van der Waals surface area contributed by atoms with Crippen molar-refractivity contribution in [2.75, 3.05) is 37.5 Å². The summed E-state index contributed by atoms with van der Waals surface area (Å²) in [6.07, 6.45) is 0.384. The van der Waals surface area contributed by atoms with Crippen molar-refractivity contribution in [1.82, 2.24) is 9.55 Å². The third-order valence-electron chi connectivity index (χ3n) is 5.43. The largest absolute Gasteiger partial charge is 0.484 e. The highest BCUT2D eigenvalue weighted by Gasteiger charge is 2.25. The van der Waals surface area contributed by atoms with E-state index in [1.807, 2.05) is 6.07 Å². The number of amides is 1. The Morgan fingerprint density at radius 1 is 1.19 bits per heavy atom. The van der Waals surface area contributed by atoms with Crippen LogP contribution in [0.3, 0.4) is 0 Å². The molecule has 12 heteroatoms. The fourth-order valence-electron chi connectivity index (χ4n) is 3.63. The van der Waals surface area contributed by atoms with Crippen molar-refractivity contribution in [2.24, 2.45) is 0 Å². The number of nitro groups is 1. The van der Waals surface area contributed by atoms with E-state index in [0.29, 0.717) is 18.6 Å². The zero-order valence-electron chi connectivity index (χ0n) is 19.9. The highest BCUT2D eigenvalue weighted by molar-refractivity contribution is 5.96. The number of hydrogen-bond donors (Lipinski definition) is 2. The van der Waals surface area contributed by atoms with E-state index in [9.17, 15) is 24.5 Å². The molecule has 0 aliphatic heterocycles. The van der Waals surface area contributed by atoms with Crippen molar-refractivity contribution >= 4 is 23.1 Å². The number of H-pyrrole nitrogens is 1. The summed E-state index contributed by atoms with van der Waals surface area (Å²) in [5.74, 6) is -0.506. The maximum Gasteiger partial charge on any atom is 0.330 e. The molecule has 3 N–H and O–H groups in total. The number of benzene rings is 2. The minimum Gasteiger partial charge on any atom is -0.484 e. The van der Waals surface area contributed by atoms with Crippen LogP contribution in [0.4, 0.5) is 17.2 Å². The Kier molecular flexibility index (Phi) is 8.57. The third-order valence-corrected chi connectivity index (χ3v) is 5.43. The maximum atomic E-state index is 13.2. The second-order valence-corrected chi connectivity index (χ2v) is 7.95. The van der Waals surface area contributed by atoms with E-state index in [1.165, 1.54) is 29.9 Å². The van der Waals surface area contributed by atoms with Gasteiger partial charge in [0.25, 0.3) is 17.2 Å². The number of hydrogen-bond acceptors (Lipinski definition) is 8. The fourth-order valence-corrected chi connectivity index (χ4v) is 3.63. The normalized spacial score (nSPS) is 10.7. The molecule has 1 heterocycles. The van der Waals surface area contributed by atoms with Gasteiger partial charge >= 0.3 is 5.69 Å². The standard InChI is InChI=1S/C24H27N5O7/c1-16-13-18(9-10-19(16)29(33)34)36-15-20(30)27(11-6-12-35-2)21-22(25)28(24(32)26-23(21)31)14-17-7-4-3-5-8-17/h3-5,7-10,13H,6,11-12,14-15,25H2,1-2H3,(H,26,31,32). The molecule has 0 bridgehead atoms. The minimum atomic E-state index is -0.807. The molecule has 0 spiro atoms. The highest BCUT2D eigenvalue weighted by atomic mass is 16.6. The number of nitrogens with one attached hydrogen (secondary N) is 1. The first kappa shape index (κ1) is 26.2. The number of methoxy groups -OCH3 is 1. The van der Waals surface area contributed by atoms with E-state index in [4.69, 9.17) is 15.2 Å². The Balaban J connectivity index is 1.91. The number of rotatable bonds is 11. The van der Waals surface area contributed by atoms with Gasteiger partial charge in [-0.3, -0.25) is 29.3 Å². The molecule has 0 aliphatic rings. The SMILES string of the molecule is COCCCN(C(=O)COc1ccc([N+](=O)[O-])c(C)c1)c1c(N)n(Cc2ccccc2)c(=O)[nH]c1=O. The monoisotopic (exact) mass is 497 g/mol. The van der Waals surface area contributed by atoms with Crippen molar-refractivity contribution in [1.29, 1.82) is 0 Å². The van der Waals surface area contributed by atoms with Crippen molar-refractivity contribution in [3.05, 3.63) is 90.6 Å². The Hall–Kier alpha value is -4.45. The molecule has 0 unspecified atom stereocenters. The summed E-state index contributed by atoms with van der Waals surface area (Å²) in [5.41, 5.74) is 5.65. The third kappa shape index (κ3) is 6.16. The van der Waals surface area contributed by atoms with Gasteiger partial charge in [-0.2, -0.15) is 0 Å². The van der Waals surface area contributed by atoms with Gasteiger partial charge in [0, 0.05) is 31.9 Å². The second-order valence-electron chi connectivity index (χ2n) is 7.95. The average molecular weight is 498 g/mol. The zero-order chi connectivity index (χ0) is 26.2. The number of carbonyl (C=O) groups is 1. The Morgan fingerprint density at radius 3 is 2.56 bits per heavy atom. The molecule has 0 saturated heterocycles. The van der Waals surface area contributed by atoms with Crippen LogP contribution in [0.15, 0.2) is 58.1 Å². The van der Waals surface area contributed by atoms with Crippen molar-refractivity contribution in [3.63, 3.8) is 0 Å². The molecule has 3 rings (SSSR count). The lowest BCUT2D eigenvalue weighted by Gasteiger charge is -2.24. The van der Waals surface area contributed by atoms with Gasteiger partial charge in [-0.15, -0.1) is 0 Å². The van der Waals surface area contributed by atoms with E-state index < -0.39 is 28.7 Å².